The highest BCUT2D eigenvalue weighted by molar-refractivity contribution is 4.86. The van der Waals surface area contributed by atoms with Crippen LogP contribution in [0.5, 0.6) is 0 Å². The molecule has 6 nitrogen and oxygen atoms in total. The molecule has 1 aromatic heterocycles. The maximum Gasteiger partial charge on any atom is 0.165 e. The van der Waals surface area contributed by atoms with Crippen molar-refractivity contribution < 1.29 is 5.11 Å². The molecule has 6 heteroatoms. The fourth-order valence-electron chi connectivity index (χ4n) is 2.21. The van der Waals surface area contributed by atoms with Gasteiger partial charge in [0.2, 0.25) is 0 Å². The molecule has 1 aliphatic heterocycles. The molecule has 1 N–H and O–H groups in total. The zero-order valence-electron chi connectivity index (χ0n) is 11.3. The minimum atomic E-state index is -0.495. The molecule has 1 saturated heterocycles. The molecule has 1 aliphatic rings. The van der Waals surface area contributed by atoms with Crippen LogP contribution in [0.3, 0.4) is 0 Å². The van der Waals surface area contributed by atoms with Gasteiger partial charge in [-0.05, 0) is 36.6 Å². The summed E-state index contributed by atoms with van der Waals surface area (Å²) in [6.07, 6.45) is 3.89. The second kappa shape index (κ2) is 5.75. The van der Waals surface area contributed by atoms with E-state index in [9.17, 15) is 5.11 Å². The molecule has 0 amide bonds. The number of unbranched alkanes of at least 4 members (excludes halogenated alkanes) is 1. The lowest BCUT2D eigenvalue weighted by Crippen LogP contribution is -2.42. The summed E-state index contributed by atoms with van der Waals surface area (Å²) in [6, 6.07) is 0. The van der Waals surface area contributed by atoms with Gasteiger partial charge in [0.05, 0.1) is 12.1 Å². The number of hydrogen-bond donors (Lipinski definition) is 1. The van der Waals surface area contributed by atoms with Crippen molar-refractivity contribution in [2.45, 2.75) is 58.2 Å². The van der Waals surface area contributed by atoms with Crippen LogP contribution >= 0.6 is 0 Å². The van der Waals surface area contributed by atoms with E-state index in [-0.39, 0.29) is 0 Å². The second-order valence-corrected chi connectivity index (χ2v) is 5.44. The van der Waals surface area contributed by atoms with Gasteiger partial charge in [0.25, 0.3) is 0 Å². The number of aliphatic hydroxyl groups is 1. The van der Waals surface area contributed by atoms with E-state index < -0.39 is 5.60 Å². The topological polar surface area (TPSA) is 67.1 Å². The number of piperidine rings is 1. The van der Waals surface area contributed by atoms with Gasteiger partial charge in [-0.25, -0.2) is 4.68 Å². The van der Waals surface area contributed by atoms with E-state index in [1.54, 1.807) is 0 Å². The molecule has 0 atom stereocenters. The average Bonchev–Trinajstić information content (AvgIpc) is 2.77. The van der Waals surface area contributed by atoms with Crippen molar-refractivity contribution in [2.75, 3.05) is 13.1 Å². The molecule has 0 radical (unpaired) electrons. The van der Waals surface area contributed by atoms with E-state index in [1.165, 1.54) is 0 Å². The van der Waals surface area contributed by atoms with Gasteiger partial charge in [-0.3, -0.25) is 4.90 Å². The quantitative estimate of drug-likeness (QED) is 0.841. The lowest BCUT2D eigenvalue weighted by molar-refractivity contribution is -0.00817. The predicted octanol–water partition coefficient (Wildman–Crippen LogP) is 0.820. The molecule has 2 heterocycles. The summed E-state index contributed by atoms with van der Waals surface area (Å²) in [5, 5.41) is 21.8. The third-order valence-corrected chi connectivity index (χ3v) is 3.63. The van der Waals surface area contributed by atoms with Crippen LogP contribution in [-0.4, -0.2) is 48.9 Å². The summed E-state index contributed by atoms with van der Waals surface area (Å²) in [5.41, 5.74) is -0.495. The summed E-state index contributed by atoms with van der Waals surface area (Å²) in [6.45, 7) is 7.57. The number of tetrazole rings is 1. The fraction of sp³-hybridized carbons (Fsp3) is 0.917. The SMILES string of the molecule is CCCCn1nnnc1CN1CCC(C)(O)CC1. The van der Waals surface area contributed by atoms with Gasteiger partial charge in [-0.2, -0.15) is 0 Å². The average molecular weight is 253 g/mol. The van der Waals surface area contributed by atoms with Crippen molar-refractivity contribution in [1.82, 2.24) is 25.1 Å². The normalized spacial score (nSPS) is 20.2. The van der Waals surface area contributed by atoms with Crippen LogP contribution in [0, 0.1) is 0 Å². The molecule has 18 heavy (non-hydrogen) atoms. The number of likely N-dealkylation sites (tertiary alicyclic amines) is 1. The van der Waals surface area contributed by atoms with Crippen LogP contribution in [0.25, 0.3) is 0 Å². The number of hydrogen-bond acceptors (Lipinski definition) is 5. The van der Waals surface area contributed by atoms with Crippen molar-refractivity contribution in [3.8, 4) is 0 Å². The second-order valence-electron chi connectivity index (χ2n) is 5.44. The molecule has 0 aromatic carbocycles. The first-order chi connectivity index (χ1) is 8.61. The van der Waals surface area contributed by atoms with Crippen LogP contribution < -0.4 is 0 Å². The van der Waals surface area contributed by atoms with Gasteiger partial charge in [-0.1, -0.05) is 13.3 Å². The van der Waals surface area contributed by atoms with E-state index in [2.05, 4.69) is 27.3 Å². The van der Waals surface area contributed by atoms with Gasteiger partial charge in [-0.15, -0.1) is 5.10 Å². The first-order valence-electron chi connectivity index (χ1n) is 6.80. The Bertz CT molecular complexity index is 366. The Labute approximate surface area is 108 Å². The van der Waals surface area contributed by atoms with Crippen LogP contribution in [0.2, 0.25) is 0 Å². The molecule has 1 fully saturated rings. The zero-order chi connectivity index (χ0) is 13.0. The van der Waals surface area contributed by atoms with Crippen molar-refractivity contribution in [2.24, 2.45) is 0 Å². The smallest absolute Gasteiger partial charge is 0.165 e. The molecule has 0 aliphatic carbocycles. The number of aryl methyl sites for hydroxylation is 1. The largest absolute Gasteiger partial charge is 0.390 e. The molecule has 0 bridgehead atoms. The Hall–Kier alpha value is -1.01. The van der Waals surface area contributed by atoms with Crippen LogP contribution in [-0.2, 0) is 13.1 Å². The van der Waals surface area contributed by atoms with Gasteiger partial charge in [0.1, 0.15) is 0 Å². The van der Waals surface area contributed by atoms with Crippen molar-refractivity contribution in [3.05, 3.63) is 5.82 Å². The molecule has 0 saturated carbocycles. The molecular formula is C12H23N5O. The van der Waals surface area contributed by atoms with E-state index in [0.717, 1.165) is 57.7 Å². The molecular weight excluding hydrogens is 230 g/mol. The Morgan fingerprint density at radius 2 is 2.06 bits per heavy atom. The van der Waals surface area contributed by atoms with Gasteiger partial charge >= 0.3 is 0 Å². The third-order valence-electron chi connectivity index (χ3n) is 3.63. The molecule has 0 unspecified atom stereocenters. The monoisotopic (exact) mass is 253 g/mol. The van der Waals surface area contributed by atoms with Crippen LogP contribution in [0.4, 0.5) is 0 Å². The maximum absolute atomic E-state index is 9.92. The molecule has 1 aromatic rings. The lowest BCUT2D eigenvalue weighted by Gasteiger charge is -2.35. The number of rotatable bonds is 5. The maximum atomic E-state index is 9.92. The van der Waals surface area contributed by atoms with E-state index in [0.29, 0.717) is 0 Å². The zero-order valence-corrected chi connectivity index (χ0v) is 11.3. The third kappa shape index (κ3) is 3.49. The number of aromatic nitrogens is 4. The van der Waals surface area contributed by atoms with Crippen molar-refractivity contribution >= 4 is 0 Å². The summed E-state index contributed by atoms with van der Waals surface area (Å²) >= 11 is 0. The van der Waals surface area contributed by atoms with Crippen LogP contribution in [0.15, 0.2) is 0 Å². The standard InChI is InChI=1S/C12H23N5O/c1-3-4-7-17-11(13-14-15-17)10-16-8-5-12(2,18)6-9-16/h18H,3-10H2,1-2H3. The molecule has 2 rings (SSSR count). The van der Waals surface area contributed by atoms with Gasteiger partial charge in [0, 0.05) is 19.6 Å². The minimum absolute atomic E-state index is 0.495. The van der Waals surface area contributed by atoms with Crippen molar-refractivity contribution in [1.29, 1.82) is 0 Å². The first kappa shape index (κ1) is 13.4. The fourth-order valence-corrected chi connectivity index (χ4v) is 2.21. The summed E-state index contributed by atoms with van der Waals surface area (Å²) in [7, 11) is 0. The van der Waals surface area contributed by atoms with Crippen molar-refractivity contribution in [3.63, 3.8) is 0 Å². The summed E-state index contributed by atoms with van der Waals surface area (Å²) < 4.78 is 1.90. The van der Waals surface area contributed by atoms with Crippen LogP contribution in [0.1, 0.15) is 45.4 Å². The summed E-state index contributed by atoms with van der Waals surface area (Å²) in [4.78, 5) is 2.31. The Kier molecular flexibility index (Phi) is 4.29. The molecule has 102 valence electrons. The number of nitrogens with zero attached hydrogens (tertiary/aromatic N) is 5. The van der Waals surface area contributed by atoms with E-state index >= 15 is 0 Å². The highest BCUT2D eigenvalue weighted by Crippen LogP contribution is 2.21. The van der Waals surface area contributed by atoms with E-state index in [4.69, 9.17) is 0 Å². The Morgan fingerprint density at radius 3 is 2.72 bits per heavy atom. The lowest BCUT2D eigenvalue weighted by atomic mass is 9.94. The van der Waals surface area contributed by atoms with Gasteiger partial charge in [0.15, 0.2) is 5.82 Å². The predicted molar refractivity (Wildman–Crippen MR) is 67.9 cm³/mol. The highest BCUT2D eigenvalue weighted by Gasteiger charge is 2.27. The minimum Gasteiger partial charge on any atom is -0.390 e. The summed E-state index contributed by atoms with van der Waals surface area (Å²) in [5.74, 6) is 0.935. The van der Waals surface area contributed by atoms with E-state index in [1.807, 2.05) is 11.6 Å². The first-order valence-corrected chi connectivity index (χ1v) is 6.80. The van der Waals surface area contributed by atoms with Gasteiger partial charge < -0.3 is 5.11 Å². The Morgan fingerprint density at radius 1 is 1.33 bits per heavy atom. The highest BCUT2D eigenvalue weighted by atomic mass is 16.3. The molecule has 0 spiro atoms. The Balaban J connectivity index is 1.88.